The summed E-state index contributed by atoms with van der Waals surface area (Å²) in [5.41, 5.74) is 1.14. The van der Waals surface area contributed by atoms with Crippen LogP contribution in [0, 0.1) is 5.92 Å². The van der Waals surface area contributed by atoms with Gasteiger partial charge in [0.1, 0.15) is 5.78 Å². The minimum absolute atomic E-state index is 0.429. The number of anilines is 1. The van der Waals surface area contributed by atoms with Crippen molar-refractivity contribution < 1.29 is 4.79 Å². The molecule has 0 aliphatic heterocycles. The van der Waals surface area contributed by atoms with Gasteiger partial charge in [0.2, 0.25) is 0 Å². The molecule has 0 saturated heterocycles. The second-order valence-electron chi connectivity index (χ2n) is 4.37. The van der Waals surface area contributed by atoms with E-state index in [-0.39, 0.29) is 0 Å². The maximum Gasteiger partial charge on any atom is 0.132 e. The normalized spacial score (nSPS) is 17.4. The van der Waals surface area contributed by atoms with Gasteiger partial charge in [0.15, 0.2) is 0 Å². The summed E-state index contributed by atoms with van der Waals surface area (Å²) in [5, 5.41) is 3.43. The Morgan fingerprint density at radius 1 is 1.31 bits per heavy atom. The summed E-state index contributed by atoms with van der Waals surface area (Å²) in [6.07, 6.45) is 3.62. The Morgan fingerprint density at radius 2 is 2.06 bits per heavy atom. The first kappa shape index (κ1) is 11.6. The molecule has 1 aliphatic rings. The topological polar surface area (TPSA) is 29.1 Å². The van der Waals surface area contributed by atoms with E-state index in [4.69, 9.17) is 0 Å². The Labute approximate surface area is 105 Å². The molecule has 1 saturated carbocycles. The predicted molar refractivity (Wildman–Crippen MR) is 69.6 cm³/mol. The van der Waals surface area contributed by atoms with Crippen molar-refractivity contribution >= 4 is 27.4 Å². The standard InChI is InChI=1S/C13H16BrNO/c14-11-2-1-3-12(8-11)15-9-10-4-6-13(16)7-5-10/h1-3,8,10,15H,4-7,9H2. The van der Waals surface area contributed by atoms with Gasteiger partial charge in [0.05, 0.1) is 0 Å². The number of carbonyl (C=O) groups excluding carboxylic acids is 1. The lowest BCUT2D eigenvalue weighted by atomic mass is 9.88. The minimum Gasteiger partial charge on any atom is -0.385 e. The summed E-state index contributed by atoms with van der Waals surface area (Å²) in [6, 6.07) is 8.19. The number of benzene rings is 1. The molecule has 0 amide bonds. The van der Waals surface area contributed by atoms with Crippen LogP contribution >= 0.6 is 15.9 Å². The predicted octanol–water partition coefficient (Wildman–Crippen LogP) is 3.62. The quantitative estimate of drug-likeness (QED) is 0.917. The molecular formula is C13H16BrNO. The van der Waals surface area contributed by atoms with Gasteiger partial charge in [-0.05, 0) is 37.0 Å². The highest BCUT2D eigenvalue weighted by Crippen LogP contribution is 2.22. The average molecular weight is 282 g/mol. The van der Waals surface area contributed by atoms with Crippen molar-refractivity contribution in [3.8, 4) is 0 Å². The van der Waals surface area contributed by atoms with Crippen molar-refractivity contribution in [3.05, 3.63) is 28.7 Å². The zero-order chi connectivity index (χ0) is 11.4. The number of nitrogens with one attached hydrogen (secondary N) is 1. The molecule has 0 heterocycles. The van der Waals surface area contributed by atoms with Gasteiger partial charge in [-0.1, -0.05) is 22.0 Å². The van der Waals surface area contributed by atoms with Crippen molar-refractivity contribution in [2.75, 3.05) is 11.9 Å². The fourth-order valence-corrected chi connectivity index (χ4v) is 2.46. The molecule has 16 heavy (non-hydrogen) atoms. The monoisotopic (exact) mass is 281 g/mol. The second-order valence-corrected chi connectivity index (χ2v) is 5.29. The van der Waals surface area contributed by atoms with Gasteiger partial charge in [0, 0.05) is 29.5 Å². The fourth-order valence-electron chi connectivity index (χ4n) is 2.06. The SMILES string of the molecule is O=C1CCC(CNc2cccc(Br)c2)CC1. The highest BCUT2D eigenvalue weighted by atomic mass is 79.9. The molecular weight excluding hydrogens is 266 g/mol. The van der Waals surface area contributed by atoms with Crippen LogP contribution in [0.2, 0.25) is 0 Å². The lowest BCUT2D eigenvalue weighted by Crippen LogP contribution is -2.20. The molecule has 1 N–H and O–H groups in total. The number of carbonyl (C=O) groups is 1. The van der Waals surface area contributed by atoms with Gasteiger partial charge in [-0.25, -0.2) is 0 Å². The van der Waals surface area contributed by atoms with E-state index >= 15 is 0 Å². The molecule has 2 nitrogen and oxygen atoms in total. The van der Waals surface area contributed by atoms with Gasteiger partial charge >= 0.3 is 0 Å². The lowest BCUT2D eigenvalue weighted by molar-refractivity contribution is -0.120. The minimum atomic E-state index is 0.429. The smallest absolute Gasteiger partial charge is 0.132 e. The van der Waals surface area contributed by atoms with Crippen molar-refractivity contribution in [3.63, 3.8) is 0 Å². The first-order chi connectivity index (χ1) is 7.74. The lowest BCUT2D eigenvalue weighted by Gasteiger charge is -2.21. The first-order valence-electron chi connectivity index (χ1n) is 5.75. The van der Waals surface area contributed by atoms with Crippen LogP contribution in [-0.2, 0) is 4.79 Å². The number of hydrogen-bond acceptors (Lipinski definition) is 2. The number of halogens is 1. The Kier molecular flexibility index (Phi) is 3.99. The van der Waals surface area contributed by atoms with Gasteiger partial charge in [-0.2, -0.15) is 0 Å². The van der Waals surface area contributed by atoms with Crippen molar-refractivity contribution in [2.24, 2.45) is 5.92 Å². The van der Waals surface area contributed by atoms with E-state index in [1.807, 2.05) is 12.1 Å². The maximum atomic E-state index is 11.1. The highest BCUT2D eigenvalue weighted by molar-refractivity contribution is 9.10. The zero-order valence-corrected chi connectivity index (χ0v) is 10.8. The van der Waals surface area contributed by atoms with Crippen LogP contribution in [0.4, 0.5) is 5.69 Å². The van der Waals surface area contributed by atoms with Crippen LogP contribution in [-0.4, -0.2) is 12.3 Å². The van der Waals surface area contributed by atoms with Gasteiger partial charge in [-0.3, -0.25) is 4.79 Å². The van der Waals surface area contributed by atoms with Crippen molar-refractivity contribution in [2.45, 2.75) is 25.7 Å². The van der Waals surface area contributed by atoms with E-state index < -0.39 is 0 Å². The molecule has 1 aliphatic carbocycles. The molecule has 0 radical (unpaired) electrons. The molecule has 86 valence electrons. The van der Waals surface area contributed by atoms with E-state index in [1.165, 1.54) is 0 Å². The Morgan fingerprint density at radius 3 is 2.75 bits per heavy atom. The largest absolute Gasteiger partial charge is 0.385 e. The van der Waals surface area contributed by atoms with Crippen molar-refractivity contribution in [1.82, 2.24) is 0 Å². The van der Waals surface area contributed by atoms with Crippen LogP contribution in [0.3, 0.4) is 0 Å². The third-order valence-electron chi connectivity index (χ3n) is 3.08. The number of Topliss-reactive ketones (excluding diaryl/α,β-unsaturated/α-hetero) is 1. The molecule has 0 atom stereocenters. The zero-order valence-electron chi connectivity index (χ0n) is 9.21. The molecule has 2 rings (SSSR count). The molecule has 0 aromatic heterocycles. The molecule has 0 bridgehead atoms. The molecule has 0 unspecified atom stereocenters. The fraction of sp³-hybridized carbons (Fsp3) is 0.462. The first-order valence-corrected chi connectivity index (χ1v) is 6.54. The average Bonchev–Trinajstić information content (AvgIpc) is 2.28. The highest BCUT2D eigenvalue weighted by Gasteiger charge is 2.18. The third-order valence-corrected chi connectivity index (χ3v) is 3.58. The molecule has 1 aromatic rings. The second kappa shape index (κ2) is 5.48. The Balaban J connectivity index is 1.81. The number of rotatable bonds is 3. The van der Waals surface area contributed by atoms with Gasteiger partial charge < -0.3 is 5.32 Å². The van der Waals surface area contributed by atoms with E-state index in [0.29, 0.717) is 11.7 Å². The third kappa shape index (κ3) is 3.34. The van der Waals surface area contributed by atoms with Crippen LogP contribution in [0.1, 0.15) is 25.7 Å². The van der Waals surface area contributed by atoms with E-state index in [1.54, 1.807) is 0 Å². The Hall–Kier alpha value is -0.830. The number of hydrogen-bond donors (Lipinski definition) is 1. The van der Waals surface area contributed by atoms with E-state index in [9.17, 15) is 4.79 Å². The molecule has 3 heteroatoms. The summed E-state index contributed by atoms with van der Waals surface area (Å²) >= 11 is 3.45. The summed E-state index contributed by atoms with van der Waals surface area (Å²) in [7, 11) is 0. The van der Waals surface area contributed by atoms with Crippen LogP contribution in [0.5, 0.6) is 0 Å². The van der Waals surface area contributed by atoms with Crippen LogP contribution in [0.15, 0.2) is 28.7 Å². The van der Waals surface area contributed by atoms with Crippen LogP contribution < -0.4 is 5.32 Å². The van der Waals surface area contributed by atoms with Crippen molar-refractivity contribution in [1.29, 1.82) is 0 Å². The summed E-state index contributed by atoms with van der Waals surface area (Å²) in [5.74, 6) is 1.08. The van der Waals surface area contributed by atoms with E-state index in [0.717, 1.165) is 42.4 Å². The van der Waals surface area contributed by atoms with Gasteiger partial charge in [-0.15, -0.1) is 0 Å². The number of ketones is 1. The maximum absolute atomic E-state index is 11.1. The molecule has 0 spiro atoms. The summed E-state index contributed by atoms with van der Waals surface area (Å²) < 4.78 is 1.09. The molecule has 1 fully saturated rings. The summed E-state index contributed by atoms with van der Waals surface area (Å²) in [4.78, 5) is 11.1. The van der Waals surface area contributed by atoms with Gasteiger partial charge in [0.25, 0.3) is 0 Å². The van der Waals surface area contributed by atoms with E-state index in [2.05, 4.69) is 33.4 Å². The summed E-state index contributed by atoms with van der Waals surface area (Å²) in [6.45, 7) is 0.976. The molecule has 1 aromatic carbocycles. The van der Waals surface area contributed by atoms with Crippen LogP contribution in [0.25, 0.3) is 0 Å². The Bertz CT molecular complexity index is 368.